The van der Waals surface area contributed by atoms with Gasteiger partial charge in [-0.3, -0.25) is 9.59 Å². The van der Waals surface area contributed by atoms with E-state index in [1.165, 1.54) is 12.5 Å². The summed E-state index contributed by atoms with van der Waals surface area (Å²) in [6.45, 7) is 5.14. The summed E-state index contributed by atoms with van der Waals surface area (Å²) in [7, 11) is 0. The largest absolute Gasteiger partial charge is 0.353 e. The summed E-state index contributed by atoms with van der Waals surface area (Å²) in [6.07, 6.45) is 1.58. The van der Waals surface area contributed by atoms with Crippen molar-refractivity contribution < 1.29 is 9.59 Å². The number of hydrogen-bond acceptors (Lipinski definition) is 4. The van der Waals surface area contributed by atoms with Gasteiger partial charge in [0.1, 0.15) is 5.82 Å². The van der Waals surface area contributed by atoms with Crippen LogP contribution in [0.2, 0.25) is 0 Å². The zero-order valence-electron chi connectivity index (χ0n) is 16.1. The molecule has 1 aromatic heterocycles. The number of hydrogen-bond donors (Lipinski definition) is 1. The maximum Gasteiger partial charge on any atom is 0.257 e. The van der Waals surface area contributed by atoms with E-state index in [0.29, 0.717) is 16.8 Å². The number of nitrogens with zero attached hydrogens (tertiary/aromatic N) is 2. The van der Waals surface area contributed by atoms with E-state index in [9.17, 15) is 9.59 Å². The quantitative estimate of drug-likeness (QED) is 0.617. The Balaban J connectivity index is 1.70. The number of ketones is 1. The van der Waals surface area contributed by atoms with Gasteiger partial charge in [0.15, 0.2) is 5.78 Å². The standard InChI is InChI=1S/C23H23N3O2/c1-3-26(16-18-8-5-4-6-9-18)22-13-12-20(15-24-22)23(28)25-21-11-7-10-19(14-21)17(2)27/h4-15H,3,16H2,1-2H3,(H,25,28). The normalized spacial score (nSPS) is 10.4. The highest BCUT2D eigenvalue weighted by molar-refractivity contribution is 6.05. The third-order valence-corrected chi connectivity index (χ3v) is 4.46. The van der Waals surface area contributed by atoms with Gasteiger partial charge in [-0.05, 0) is 43.7 Å². The molecule has 1 N–H and O–H groups in total. The van der Waals surface area contributed by atoms with E-state index in [2.05, 4.69) is 34.3 Å². The Hall–Kier alpha value is -3.47. The second-order valence-corrected chi connectivity index (χ2v) is 6.50. The van der Waals surface area contributed by atoms with Crippen molar-refractivity contribution in [3.63, 3.8) is 0 Å². The first-order valence-corrected chi connectivity index (χ1v) is 9.24. The van der Waals surface area contributed by atoms with Crippen LogP contribution in [0.15, 0.2) is 72.9 Å². The minimum absolute atomic E-state index is 0.0415. The smallest absolute Gasteiger partial charge is 0.257 e. The number of aromatic nitrogens is 1. The molecular weight excluding hydrogens is 350 g/mol. The fraction of sp³-hybridized carbons (Fsp3) is 0.174. The van der Waals surface area contributed by atoms with Crippen molar-refractivity contribution in [3.8, 4) is 0 Å². The molecule has 0 aliphatic carbocycles. The van der Waals surface area contributed by atoms with Crippen LogP contribution in [-0.2, 0) is 6.54 Å². The molecule has 0 fully saturated rings. The molecule has 3 aromatic rings. The molecule has 0 bridgehead atoms. The van der Waals surface area contributed by atoms with Crippen molar-refractivity contribution in [2.45, 2.75) is 20.4 Å². The summed E-state index contributed by atoms with van der Waals surface area (Å²) < 4.78 is 0. The third kappa shape index (κ3) is 4.82. The lowest BCUT2D eigenvalue weighted by atomic mass is 10.1. The Morgan fingerprint density at radius 3 is 2.39 bits per heavy atom. The average molecular weight is 373 g/mol. The van der Waals surface area contributed by atoms with Crippen LogP contribution in [0.5, 0.6) is 0 Å². The first-order chi connectivity index (χ1) is 13.6. The average Bonchev–Trinajstić information content (AvgIpc) is 2.73. The topological polar surface area (TPSA) is 62.3 Å². The van der Waals surface area contributed by atoms with Gasteiger partial charge < -0.3 is 10.2 Å². The highest BCUT2D eigenvalue weighted by Gasteiger charge is 2.11. The van der Waals surface area contributed by atoms with Crippen molar-refractivity contribution in [2.24, 2.45) is 0 Å². The van der Waals surface area contributed by atoms with Gasteiger partial charge in [0, 0.05) is 30.5 Å². The molecule has 0 saturated heterocycles. The van der Waals surface area contributed by atoms with Crippen molar-refractivity contribution >= 4 is 23.2 Å². The molecule has 0 radical (unpaired) electrons. The second-order valence-electron chi connectivity index (χ2n) is 6.50. The van der Waals surface area contributed by atoms with Crippen LogP contribution in [0.3, 0.4) is 0 Å². The van der Waals surface area contributed by atoms with Crippen molar-refractivity contribution in [2.75, 3.05) is 16.8 Å². The van der Waals surface area contributed by atoms with Crippen LogP contribution in [-0.4, -0.2) is 23.2 Å². The maximum absolute atomic E-state index is 12.5. The Kier molecular flexibility index (Phi) is 6.17. The van der Waals surface area contributed by atoms with Crippen molar-refractivity contribution in [3.05, 3.63) is 89.6 Å². The van der Waals surface area contributed by atoms with Gasteiger partial charge in [0.25, 0.3) is 5.91 Å². The van der Waals surface area contributed by atoms with Crippen LogP contribution >= 0.6 is 0 Å². The molecule has 0 unspecified atom stereocenters. The van der Waals surface area contributed by atoms with E-state index in [1.807, 2.05) is 24.3 Å². The Bertz CT molecular complexity index is 953. The Labute approximate surface area is 165 Å². The molecule has 28 heavy (non-hydrogen) atoms. The third-order valence-electron chi connectivity index (χ3n) is 4.46. The van der Waals surface area contributed by atoms with Crippen LogP contribution in [0.25, 0.3) is 0 Å². The zero-order valence-corrected chi connectivity index (χ0v) is 16.1. The molecule has 0 aliphatic heterocycles. The van der Waals surface area contributed by atoms with Gasteiger partial charge in [0.05, 0.1) is 5.56 Å². The van der Waals surface area contributed by atoms with E-state index in [4.69, 9.17) is 0 Å². The molecule has 3 rings (SSSR count). The molecule has 0 spiro atoms. The Morgan fingerprint density at radius 2 is 1.75 bits per heavy atom. The number of amides is 1. The van der Waals surface area contributed by atoms with Crippen LogP contribution in [0.4, 0.5) is 11.5 Å². The number of nitrogens with one attached hydrogen (secondary N) is 1. The number of benzene rings is 2. The fourth-order valence-corrected chi connectivity index (χ4v) is 2.89. The molecule has 0 atom stereocenters. The molecule has 0 saturated carbocycles. The van der Waals surface area contributed by atoms with Gasteiger partial charge >= 0.3 is 0 Å². The summed E-state index contributed by atoms with van der Waals surface area (Å²) in [5.74, 6) is 0.521. The summed E-state index contributed by atoms with van der Waals surface area (Å²) >= 11 is 0. The Morgan fingerprint density at radius 1 is 0.964 bits per heavy atom. The van der Waals surface area contributed by atoms with Gasteiger partial charge in [-0.1, -0.05) is 42.5 Å². The number of rotatable bonds is 7. The summed E-state index contributed by atoms with van der Waals surface area (Å²) in [5, 5.41) is 2.81. The van der Waals surface area contributed by atoms with Gasteiger partial charge in [0.2, 0.25) is 0 Å². The first kappa shape index (κ1) is 19.3. The lowest BCUT2D eigenvalue weighted by Crippen LogP contribution is -2.23. The van der Waals surface area contributed by atoms with E-state index in [0.717, 1.165) is 18.9 Å². The zero-order chi connectivity index (χ0) is 19.9. The molecule has 2 aromatic carbocycles. The van der Waals surface area contributed by atoms with Gasteiger partial charge in [-0.2, -0.15) is 0 Å². The minimum Gasteiger partial charge on any atom is -0.353 e. The summed E-state index contributed by atoms with van der Waals surface area (Å²) in [4.78, 5) is 30.6. The highest BCUT2D eigenvalue weighted by Crippen LogP contribution is 2.17. The minimum atomic E-state index is -0.258. The molecule has 1 heterocycles. The summed E-state index contributed by atoms with van der Waals surface area (Å²) in [6, 6.07) is 20.7. The molecular formula is C23H23N3O2. The fourth-order valence-electron chi connectivity index (χ4n) is 2.89. The second kappa shape index (κ2) is 8.95. The SMILES string of the molecule is CCN(Cc1ccccc1)c1ccc(C(=O)Nc2cccc(C(C)=O)c2)cn1. The predicted octanol–water partition coefficient (Wildman–Crippen LogP) is 4.56. The van der Waals surface area contributed by atoms with E-state index >= 15 is 0 Å². The lowest BCUT2D eigenvalue weighted by Gasteiger charge is -2.22. The van der Waals surface area contributed by atoms with Crippen LogP contribution in [0.1, 0.15) is 40.1 Å². The lowest BCUT2D eigenvalue weighted by molar-refractivity contribution is 0.101. The highest BCUT2D eigenvalue weighted by atomic mass is 16.1. The van der Waals surface area contributed by atoms with Crippen LogP contribution < -0.4 is 10.2 Å². The van der Waals surface area contributed by atoms with Crippen molar-refractivity contribution in [1.82, 2.24) is 4.98 Å². The summed E-state index contributed by atoms with van der Waals surface area (Å²) in [5.41, 5.74) is 2.82. The molecule has 5 heteroatoms. The monoisotopic (exact) mass is 373 g/mol. The number of carbonyl (C=O) groups is 2. The number of anilines is 2. The molecule has 1 amide bonds. The molecule has 5 nitrogen and oxygen atoms in total. The van der Waals surface area contributed by atoms with Gasteiger partial charge in [-0.15, -0.1) is 0 Å². The van der Waals surface area contributed by atoms with Crippen LogP contribution in [0, 0.1) is 0 Å². The van der Waals surface area contributed by atoms with E-state index < -0.39 is 0 Å². The van der Waals surface area contributed by atoms with Gasteiger partial charge in [-0.25, -0.2) is 4.98 Å². The van der Waals surface area contributed by atoms with E-state index in [-0.39, 0.29) is 11.7 Å². The number of Topliss-reactive ketones (excluding diaryl/α,β-unsaturated/α-hetero) is 1. The molecule has 0 aliphatic rings. The first-order valence-electron chi connectivity index (χ1n) is 9.24. The predicted molar refractivity (Wildman–Crippen MR) is 112 cm³/mol. The number of carbonyl (C=O) groups excluding carboxylic acids is 2. The molecule has 142 valence electrons. The van der Waals surface area contributed by atoms with E-state index in [1.54, 1.807) is 36.5 Å². The number of pyridine rings is 1. The van der Waals surface area contributed by atoms with Crippen molar-refractivity contribution in [1.29, 1.82) is 0 Å². The maximum atomic E-state index is 12.5.